The highest BCUT2D eigenvalue weighted by atomic mass is 32.2. The highest BCUT2D eigenvalue weighted by Crippen LogP contribution is 2.22. The van der Waals surface area contributed by atoms with Crippen molar-refractivity contribution in [2.45, 2.75) is 25.5 Å². The van der Waals surface area contributed by atoms with Gasteiger partial charge in [0.2, 0.25) is 5.91 Å². The van der Waals surface area contributed by atoms with Crippen molar-refractivity contribution in [1.29, 1.82) is 0 Å². The Labute approximate surface area is 133 Å². The monoisotopic (exact) mass is 330 g/mol. The smallest absolute Gasteiger partial charge is 0.257 e. The molecule has 22 heavy (non-hydrogen) atoms. The first kappa shape index (κ1) is 18.4. The molecule has 0 spiro atoms. The van der Waals surface area contributed by atoms with E-state index in [0.29, 0.717) is 5.75 Å². The van der Waals surface area contributed by atoms with Crippen molar-refractivity contribution < 1.29 is 18.4 Å². The van der Waals surface area contributed by atoms with Gasteiger partial charge < -0.3 is 10.6 Å². The minimum atomic E-state index is -0.914. The Morgan fingerprint density at radius 2 is 1.64 bits per heavy atom. The van der Waals surface area contributed by atoms with Gasteiger partial charge in [-0.3, -0.25) is 9.59 Å². The molecule has 0 atom stereocenters. The second kappa shape index (κ2) is 8.12. The zero-order valence-corrected chi connectivity index (χ0v) is 13.7. The molecule has 7 heteroatoms. The van der Waals surface area contributed by atoms with Crippen LogP contribution < -0.4 is 10.6 Å². The van der Waals surface area contributed by atoms with E-state index in [0.717, 1.165) is 12.1 Å². The van der Waals surface area contributed by atoms with E-state index in [9.17, 15) is 18.4 Å². The van der Waals surface area contributed by atoms with Crippen LogP contribution in [0.2, 0.25) is 0 Å². The van der Waals surface area contributed by atoms with E-state index < -0.39 is 23.1 Å². The third-order valence-corrected chi connectivity index (χ3v) is 3.83. The molecule has 1 aromatic carbocycles. The van der Waals surface area contributed by atoms with Crippen LogP contribution in [0.15, 0.2) is 18.2 Å². The Bertz CT molecular complexity index is 525. The summed E-state index contributed by atoms with van der Waals surface area (Å²) < 4.78 is 26.7. The van der Waals surface area contributed by atoms with E-state index >= 15 is 0 Å². The molecule has 0 heterocycles. The van der Waals surface area contributed by atoms with Gasteiger partial charge in [0.25, 0.3) is 5.91 Å². The van der Waals surface area contributed by atoms with Crippen LogP contribution in [0, 0.1) is 11.6 Å². The summed E-state index contributed by atoms with van der Waals surface area (Å²) in [4.78, 5) is 23.2. The quantitative estimate of drug-likeness (QED) is 0.787. The summed E-state index contributed by atoms with van der Waals surface area (Å²) in [5.74, 6) is -2.49. The average molecular weight is 330 g/mol. The van der Waals surface area contributed by atoms with E-state index in [2.05, 4.69) is 10.6 Å². The van der Waals surface area contributed by atoms with Gasteiger partial charge in [0, 0.05) is 17.8 Å². The van der Waals surface area contributed by atoms with Crippen LogP contribution in [0.25, 0.3) is 0 Å². The third-order valence-electron chi connectivity index (χ3n) is 2.56. The van der Waals surface area contributed by atoms with Gasteiger partial charge in [-0.1, -0.05) is 26.8 Å². The molecule has 4 nitrogen and oxygen atoms in total. The SMILES string of the molecule is CC(C)(C)SCC(=O)NCCNC(=O)c1c(F)cccc1F. The summed E-state index contributed by atoms with van der Waals surface area (Å²) in [5, 5.41) is 5.00. The number of rotatable bonds is 6. The summed E-state index contributed by atoms with van der Waals surface area (Å²) >= 11 is 1.51. The lowest BCUT2D eigenvalue weighted by Gasteiger charge is -2.17. The van der Waals surface area contributed by atoms with Crippen LogP contribution in [0.1, 0.15) is 31.1 Å². The maximum Gasteiger partial charge on any atom is 0.257 e. The zero-order valence-electron chi connectivity index (χ0n) is 12.8. The summed E-state index contributed by atoms with van der Waals surface area (Å²) in [6.07, 6.45) is 0. The van der Waals surface area contributed by atoms with Crippen molar-refractivity contribution >= 4 is 23.6 Å². The summed E-state index contributed by atoms with van der Waals surface area (Å²) in [6, 6.07) is 3.22. The number of halogens is 2. The molecule has 0 bridgehead atoms. The molecule has 0 saturated heterocycles. The number of benzene rings is 1. The topological polar surface area (TPSA) is 58.2 Å². The maximum atomic E-state index is 13.4. The molecule has 0 unspecified atom stereocenters. The fourth-order valence-electron chi connectivity index (χ4n) is 1.51. The average Bonchev–Trinajstić information content (AvgIpc) is 2.40. The largest absolute Gasteiger partial charge is 0.354 e. The van der Waals surface area contributed by atoms with Gasteiger partial charge in [-0.2, -0.15) is 0 Å². The minimum Gasteiger partial charge on any atom is -0.354 e. The van der Waals surface area contributed by atoms with Gasteiger partial charge in [0.15, 0.2) is 0 Å². The summed E-state index contributed by atoms with van der Waals surface area (Å²) in [5.41, 5.74) is -0.614. The van der Waals surface area contributed by atoms with Crippen LogP contribution in [0.5, 0.6) is 0 Å². The van der Waals surface area contributed by atoms with Gasteiger partial charge in [0.1, 0.15) is 17.2 Å². The lowest BCUT2D eigenvalue weighted by Crippen LogP contribution is -2.36. The van der Waals surface area contributed by atoms with E-state index in [4.69, 9.17) is 0 Å². The Kier molecular flexibility index (Phi) is 6.80. The molecule has 0 aliphatic rings. The Morgan fingerprint density at radius 3 is 2.18 bits per heavy atom. The van der Waals surface area contributed by atoms with Gasteiger partial charge in [-0.05, 0) is 12.1 Å². The zero-order chi connectivity index (χ0) is 16.8. The second-order valence-electron chi connectivity index (χ2n) is 5.60. The molecule has 1 aromatic rings. The van der Waals surface area contributed by atoms with Crippen molar-refractivity contribution in [2.24, 2.45) is 0 Å². The lowest BCUT2D eigenvalue weighted by atomic mass is 10.2. The van der Waals surface area contributed by atoms with E-state index in [1.165, 1.54) is 17.8 Å². The first-order chi connectivity index (χ1) is 10.2. The van der Waals surface area contributed by atoms with Crippen LogP contribution in [0.4, 0.5) is 8.78 Å². The van der Waals surface area contributed by atoms with Crippen molar-refractivity contribution in [1.82, 2.24) is 10.6 Å². The van der Waals surface area contributed by atoms with E-state index in [1.54, 1.807) is 0 Å². The first-order valence-electron chi connectivity index (χ1n) is 6.83. The lowest BCUT2D eigenvalue weighted by molar-refractivity contribution is -0.118. The normalized spacial score (nSPS) is 11.1. The second-order valence-corrected chi connectivity index (χ2v) is 7.41. The Morgan fingerprint density at radius 1 is 1.09 bits per heavy atom. The maximum absolute atomic E-state index is 13.4. The van der Waals surface area contributed by atoms with Crippen LogP contribution in [-0.4, -0.2) is 35.4 Å². The third kappa shape index (κ3) is 6.43. The van der Waals surface area contributed by atoms with Crippen LogP contribution >= 0.6 is 11.8 Å². The van der Waals surface area contributed by atoms with Crippen molar-refractivity contribution in [3.05, 3.63) is 35.4 Å². The molecule has 0 saturated carbocycles. The molecular weight excluding hydrogens is 310 g/mol. The summed E-state index contributed by atoms with van der Waals surface area (Å²) in [7, 11) is 0. The molecule has 0 fully saturated rings. The molecular formula is C15H20F2N2O2S. The van der Waals surface area contributed by atoms with E-state index in [-0.39, 0.29) is 23.7 Å². The fraction of sp³-hybridized carbons (Fsp3) is 0.467. The molecule has 0 aromatic heterocycles. The number of carbonyl (C=O) groups excluding carboxylic acids is 2. The van der Waals surface area contributed by atoms with Gasteiger partial charge in [-0.15, -0.1) is 11.8 Å². The number of nitrogens with one attached hydrogen (secondary N) is 2. The highest BCUT2D eigenvalue weighted by molar-refractivity contribution is 8.01. The number of carbonyl (C=O) groups is 2. The number of hydrogen-bond donors (Lipinski definition) is 2. The molecule has 0 radical (unpaired) electrons. The fourth-order valence-corrected chi connectivity index (χ4v) is 2.18. The van der Waals surface area contributed by atoms with E-state index in [1.807, 2.05) is 20.8 Å². The minimum absolute atomic E-state index is 0.00603. The molecule has 2 amide bonds. The Hall–Kier alpha value is -1.63. The van der Waals surface area contributed by atoms with Crippen molar-refractivity contribution in [3.8, 4) is 0 Å². The predicted molar refractivity (Wildman–Crippen MR) is 83.9 cm³/mol. The van der Waals surface area contributed by atoms with Crippen LogP contribution in [0.3, 0.4) is 0 Å². The number of hydrogen-bond acceptors (Lipinski definition) is 3. The number of amides is 2. The van der Waals surface area contributed by atoms with Crippen molar-refractivity contribution in [2.75, 3.05) is 18.8 Å². The number of thioether (sulfide) groups is 1. The standard InChI is InChI=1S/C15H20F2N2O2S/c1-15(2,3)22-9-12(20)18-7-8-19-14(21)13-10(16)5-4-6-11(13)17/h4-6H,7-9H2,1-3H3,(H,18,20)(H,19,21). The molecule has 0 aliphatic carbocycles. The van der Waals surface area contributed by atoms with Crippen LogP contribution in [-0.2, 0) is 4.79 Å². The predicted octanol–water partition coefficient (Wildman–Crippen LogP) is 2.34. The summed E-state index contributed by atoms with van der Waals surface area (Å²) in [6.45, 7) is 6.32. The Balaban J connectivity index is 2.33. The highest BCUT2D eigenvalue weighted by Gasteiger charge is 2.16. The van der Waals surface area contributed by atoms with Gasteiger partial charge >= 0.3 is 0 Å². The van der Waals surface area contributed by atoms with Gasteiger partial charge in [0.05, 0.1) is 5.75 Å². The molecule has 0 aliphatic heterocycles. The van der Waals surface area contributed by atoms with Crippen molar-refractivity contribution in [3.63, 3.8) is 0 Å². The molecule has 2 N–H and O–H groups in total. The van der Waals surface area contributed by atoms with Gasteiger partial charge in [-0.25, -0.2) is 8.78 Å². The molecule has 1 rings (SSSR count). The molecule has 122 valence electrons. The first-order valence-corrected chi connectivity index (χ1v) is 7.82.